The Hall–Kier alpha value is -0.261. The van der Waals surface area contributed by atoms with Gasteiger partial charge in [-0.25, -0.2) is 0 Å². The molecule has 8 heavy (non-hydrogen) atoms. The van der Waals surface area contributed by atoms with Gasteiger partial charge in [0.2, 0.25) is 0 Å². The van der Waals surface area contributed by atoms with Gasteiger partial charge in [-0.2, -0.15) is 0 Å². The second-order valence-corrected chi connectivity index (χ2v) is 2.92. The summed E-state index contributed by atoms with van der Waals surface area (Å²) in [6, 6.07) is 8.39. The molecule has 0 bridgehead atoms. The van der Waals surface area contributed by atoms with Crippen LogP contribution >= 0.6 is 0 Å². The molecule has 0 spiro atoms. The Labute approximate surface area is 57.7 Å². The molecule has 1 aromatic carbocycles. The van der Waals surface area contributed by atoms with E-state index >= 15 is 0 Å². The van der Waals surface area contributed by atoms with Gasteiger partial charge in [0.25, 0.3) is 0 Å². The Balaban J connectivity index is 3.03. The molecule has 0 saturated carbocycles. The SMILES string of the molecule is Cc1ccc([SeH])cc1. The monoisotopic (exact) mass is 172 g/mol. The molecule has 0 aliphatic carbocycles. The van der Waals surface area contributed by atoms with Crippen molar-refractivity contribution >= 4 is 20.5 Å². The van der Waals surface area contributed by atoms with Gasteiger partial charge in [0.05, 0.1) is 0 Å². The third-order valence-electron chi connectivity index (χ3n) is 1.03. The van der Waals surface area contributed by atoms with Gasteiger partial charge in [0, 0.05) is 0 Å². The van der Waals surface area contributed by atoms with Crippen molar-refractivity contribution in [2.24, 2.45) is 0 Å². The van der Waals surface area contributed by atoms with Crippen LogP contribution in [-0.2, 0) is 0 Å². The summed E-state index contributed by atoms with van der Waals surface area (Å²) in [5.41, 5.74) is 1.32. The first-order chi connectivity index (χ1) is 3.79. The summed E-state index contributed by atoms with van der Waals surface area (Å²) in [5, 5.41) is 0. The Kier molecular flexibility index (Phi) is 1.72. The van der Waals surface area contributed by atoms with Crippen molar-refractivity contribution in [1.82, 2.24) is 0 Å². The normalized spacial score (nSPS) is 9.25. The van der Waals surface area contributed by atoms with E-state index in [0.717, 1.165) is 0 Å². The van der Waals surface area contributed by atoms with Crippen LogP contribution in [0.2, 0.25) is 0 Å². The Morgan fingerprint density at radius 1 is 1.12 bits per heavy atom. The number of hydrogen-bond donors (Lipinski definition) is 0. The third kappa shape index (κ3) is 1.36. The predicted octanol–water partition coefficient (Wildman–Crippen LogP) is 0.521. The molecule has 1 heteroatoms. The Morgan fingerprint density at radius 3 is 2.00 bits per heavy atom. The van der Waals surface area contributed by atoms with E-state index in [1.165, 1.54) is 10.0 Å². The Morgan fingerprint density at radius 2 is 1.62 bits per heavy atom. The van der Waals surface area contributed by atoms with Gasteiger partial charge in [-0.05, 0) is 0 Å². The molecular weight excluding hydrogens is 163 g/mol. The van der Waals surface area contributed by atoms with Gasteiger partial charge in [-0.1, -0.05) is 0 Å². The van der Waals surface area contributed by atoms with E-state index in [1.807, 2.05) is 0 Å². The molecule has 0 aliphatic rings. The molecule has 0 fully saturated rings. The molecule has 0 radical (unpaired) electrons. The van der Waals surface area contributed by atoms with Crippen LogP contribution < -0.4 is 4.46 Å². The summed E-state index contributed by atoms with van der Waals surface area (Å²) >= 11 is 2.51. The van der Waals surface area contributed by atoms with E-state index in [2.05, 4.69) is 47.2 Å². The van der Waals surface area contributed by atoms with Crippen molar-refractivity contribution in [3.8, 4) is 0 Å². The first kappa shape index (κ1) is 5.87. The standard InChI is InChI=1S/C7H8Se/c1-6-2-4-7(8)5-3-6/h2-5,8H,1H3. The van der Waals surface area contributed by atoms with Gasteiger partial charge in [-0.3, -0.25) is 0 Å². The average molecular weight is 171 g/mol. The first-order valence-corrected chi connectivity index (χ1v) is 3.48. The maximum atomic E-state index is 2.51. The molecule has 1 aromatic rings. The minimum atomic E-state index is 1.27. The van der Waals surface area contributed by atoms with Crippen molar-refractivity contribution < 1.29 is 0 Å². The second kappa shape index (κ2) is 2.34. The van der Waals surface area contributed by atoms with Gasteiger partial charge in [-0.15, -0.1) is 0 Å². The van der Waals surface area contributed by atoms with Gasteiger partial charge < -0.3 is 0 Å². The summed E-state index contributed by atoms with van der Waals surface area (Å²) in [7, 11) is 0. The van der Waals surface area contributed by atoms with E-state index in [0.29, 0.717) is 0 Å². The third-order valence-corrected chi connectivity index (χ3v) is 1.66. The summed E-state index contributed by atoms with van der Waals surface area (Å²) in [5.74, 6) is 0. The van der Waals surface area contributed by atoms with Crippen LogP contribution in [0, 0.1) is 6.92 Å². The second-order valence-electron chi connectivity index (χ2n) is 1.84. The van der Waals surface area contributed by atoms with Crippen molar-refractivity contribution in [2.75, 3.05) is 0 Å². The zero-order valence-corrected chi connectivity index (χ0v) is 6.63. The minimum absolute atomic E-state index is 1.27. The van der Waals surface area contributed by atoms with Crippen LogP contribution in [0.5, 0.6) is 0 Å². The molecule has 0 aromatic heterocycles. The number of benzene rings is 1. The predicted molar refractivity (Wildman–Crippen MR) is 38.0 cm³/mol. The molecule has 0 saturated heterocycles. The average Bonchev–Trinajstić information content (AvgIpc) is 1.77. The molecule has 0 aliphatic heterocycles. The van der Waals surface area contributed by atoms with Crippen molar-refractivity contribution in [2.45, 2.75) is 6.92 Å². The zero-order valence-electron chi connectivity index (χ0n) is 4.76. The van der Waals surface area contributed by atoms with Gasteiger partial charge in [0.1, 0.15) is 0 Å². The summed E-state index contributed by atoms with van der Waals surface area (Å²) < 4.78 is 1.27. The van der Waals surface area contributed by atoms with Crippen LogP contribution in [0.3, 0.4) is 0 Å². The van der Waals surface area contributed by atoms with Crippen molar-refractivity contribution in [3.05, 3.63) is 29.8 Å². The molecule has 0 heterocycles. The summed E-state index contributed by atoms with van der Waals surface area (Å²) in [6.07, 6.45) is 0. The molecule has 0 nitrogen and oxygen atoms in total. The van der Waals surface area contributed by atoms with Crippen LogP contribution in [0.25, 0.3) is 0 Å². The molecule has 0 N–H and O–H groups in total. The Bertz CT molecular complexity index is 143. The molecule has 0 amide bonds. The van der Waals surface area contributed by atoms with Crippen LogP contribution in [0.4, 0.5) is 0 Å². The molecular formula is C7H8Se. The van der Waals surface area contributed by atoms with E-state index in [1.54, 1.807) is 0 Å². The molecule has 1 rings (SSSR count). The molecule has 0 atom stereocenters. The fourth-order valence-electron chi connectivity index (χ4n) is 0.545. The summed E-state index contributed by atoms with van der Waals surface area (Å²) in [6.45, 7) is 2.09. The van der Waals surface area contributed by atoms with Crippen molar-refractivity contribution in [3.63, 3.8) is 0 Å². The number of hydrogen-bond acceptors (Lipinski definition) is 0. The first-order valence-electron chi connectivity index (χ1n) is 2.54. The van der Waals surface area contributed by atoms with E-state index in [-0.39, 0.29) is 0 Å². The van der Waals surface area contributed by atoms with Crippen LogP contribution in [0.1, 0.15) is 5.56 Å². The van der Waals surface area contributed by atoms with Crippen molar-refractivity contribution in [1.29, 1.82) is 0 Å². The maximum absolute atomic E-state index is 2.51. The van der Waals surface area contributed by atoms with Crippen LogP contribution in [-0.4, -0.2) is 16.0 Å². The fourth-order valence-corrected chi connectivity index (χ4v) is 0.858. The quantitative estimate of drug-likeness (QED) is 0.499. The number of aryl methyl sites for hydroxylation is 1. The molecule has 0 unspecified atom stereocenters. The summed E-state index contributed by atoms with van der Waals surface area (Å²) in [4.78, 5) is 0. The molecule has 42 valence electrons. The van der Waals surface area contributed by atoms with Crippen LogP contribution in [0.15, 0.2) is 24.3 Å². The van der Waals surface area contributed by atoms with Gasteiger partial charge >= 0.3 is 57.2 Å². The number of rotatable bonds is 0. The van der Waals surface area contributed by atoms with E-state index < -0.39 is 0 Å². The zero-order chi connectivity index (χ0) is 5.98. The van der Waals surface area contributed by atoms with Gasteiger partial charge in [0.15, 0.2) is 0 Å². The van der Waals surface area contributed by atoms with E-state index in [9.17, 15) is 0 Å². The fraction of sp³-hybridized carbons (Fsp3) is 0.143. The topological polar surface area (TPSA) is 0 Å². The van der Waals surface area contributed by atoms with E-state index in [4.69, 9.17) is 0 Å².